The monoisotopic (exact) mass is 411 g/mol. The van der Waals surface area contributed by atoms with Crippen molar-refractivity contribution in [3.05, 3.63) is 23.8 Å². The largest absolute Gasteiger partial charge is 0.497 e. The van der Waals surface area contributed by atoms with Crippen molar-refractivity contribution in [2.75, 3.05) is 40.4 Å². The molecule has 156 valence electrons. The van der Waals surface area contributed by atoms with Crippen LogP contribution in [-0.2, 0) is 4.79 Å². The molecule has 0 radical (unpaired) electrons. The molecule has 2 saturated heterocycles. The van der Waals surface area contributed by atoms with Crippen LogP contribution in [0, 0.1) is 5.92 Å². The van der Waals surface area contributed by atoms with Gasteiger partial charge in [0.15, 0.2) is 0 Å². The third-order valence-electron chi connectivity index (χ3n) is 5.39. The lowest BCUT2D eigenvalue weighted by Gasteiger charge is -2.33. The van der Waals surface area contributed by atoms with E-state index in [0.717, 1.165) is 32.2 Å². The molecule has 28 heavy (non-hydrogen) atoms. The van der Waals surface area contributed by atoms with E-state index in [4.69, 9.17) is 9.47 Å². The summed E-state index contributed by atoms with van der Waals surface area (Å²) in [6.45, 7) is 2.87. The fourth-order valence-electron chi connectivity index (χ4n) is 3.84. The summed E-state index contributed by atoms with van der Waals surface area (Å²) in [5.74, 6) is 1.46. The van der Waals surface area contributed by atoms with Gasteiger partial charge in [0.2, 0.25) is 5.91 Å². The maximum Gasteiger partial charge on any atom is 0.257 e. The van der Waals surface area contributed by atoms with Crippen molar-refractivity contribution in [2.24, 2.45) is 5.92 Å². The molecular weight excluding hydrogens is 382 g/mol. The molecule has 0 aliphatic carbocycles. The minimum Gasteiger partial charge on any atom is -0.497 e. The van der Waals surface area contributed by atoms with Gasteiger partial charge in [0.1, 0.15) is 11.5 Å². The van der Waals surface area contributed by atoms with E-state index in [1.807, 2.05) is 4.90 Å². The van der Waals surface area contributed by atoms with Crippen LogP contribution in [0.15, 0.2) is 18.2 Å². The van der Waals surface area contributed by atoms with Crippen LogP contribution in [0.2, 0.25) is 0 Å². The summed E-state index contributed by atoms with van der Waals surface area (Å²) in [6.07, 6.45) is 3.89. The van der Waals surface area contributed by atoms with Crippen LogP contribution in [0.5, 0.6) is 11.5 Å². The fourth-order valence-corrected chi connectivity index (χ4v) is 3.84. The Morgan fingerprint density at radius 3 is 2.71 bits per heavy atom. The average molecular weight is 412 g/mol. The number of piperidine rings is 1. The summed E-state index contributed by atoms with van der Waals surface area (Å²) in [5.41, 5.74) is 0.511. The van der Waals surface area contributed by atoms with E-state index < -0.39 is 0 Å². The number of hydrogen-bond acceptors (Lipinski definition) is 5. The third kappa shape index (κ3) is 5.29. The molecular formula is C20H30ClN3O4. The van der Waals surface area contributed by atoms with E-state index in [-0.39, 0.29) is 36.2 Å². The van der Waals surface area contributed by atoms with Gasteiger partial charge in [-0.15, -0.1) is 12.4 Å². The zero-order valence-corrected chi connectivity index (χ0v) is 17.3. The third-order valence-corrected chi connectivity index (χ3v) is 5.39. The lowest BCUT2D eigenvalue weighted by molar-refractivity contribution is -0.123. The van der Waals surface area contributed by atoms with E-state index >= 15 is 0 Å². The summed E-state index contributed by atoms with van der Waals surface area (Å²) in [6, 6.07) is 5.19. The highest BCUT2D eigenvalue weighted by molar-refractivity contribution is 5.97. The number of hydrogen-bond donors (Lipinski definition) is 2. The Morgan fingerprint density at radius 1 is 1.21 bits per heavy atom. The highest BCUT2D eigenvalue weighted by atomic mass is 35.5. The molecule has 2 aliphatic rings. The lowest BCUT2D eigenvalue weighted by atomic mass is 9.97. The summed E-state index contributed by atoms with van der Waals surface area (Å²) in [4.78, 5) is 27.1. The first-order valence-electron chi connectivity index (χ1n) is 9.64. The standard InChI is InChI=1S/C20H29N3O4.ClH/c1-26-15-7-8-18(27-2)16(11-15)20(25)23-10-4-5-14(13-23)12-22-19(24)17-6-3-9-21-17;/h7-8,11,14,17,21H,3-6,9-10,12-13H2,1-2H3,(H,22,24);1H. The number of carbonyl (C=O) groups is 2. The van der Waals surface area contributed by atoms with Crippen LogP contribution >= 0.6 is 12.4 Å². The topological polar surface area (TPSA) is 79.9 Å². The second-order valence-corrected chi connectivity index (χ2v) is 7.22. The number of benzene rings is 1. The number of halogens is 1. The normalized spacial score (nSPS) is 21.6. The molecule has 2 heterocycles. The van der Waals surface area contributed by atoms with Crippen molar-refractivity contribution in [1.82, 2.24) is 15.5 Å². The second-order valence-electron chi connectivity index (χ2n) is 7.22. The number of rotatable bonds is 6. The molecule has 1 aromatic rings. The van der Waals surface area contributed by atoms with Crippen molar-refractivity contribution in [2.45, 2.75) is 31.7 Å². The Kier molecular flexibility index (Phi) is 8.38. The van der Waals surface area contributed by atoms with E-state index in [2.05, 4.69) is 10.6 Å². The molecule has 2 amide bonds. The molecule has 1 aromatic carbocycles. The van der Waals surface area contributed by atoms with Crippen LogP contribution in [-0.4, -0.2) is 63.2 Å². The van der Waals surface area contributed by atoms with Crippen LogP contribution < -0.4 is 20.1 Å². The summed E-state index contributed by atoms with van der Waals surface area (Å²) in [5, 5.41) is 6.26. The van der Waals surface area contributed by atoms with Gasteiger partial charge in [0.25, 0.3) is 5.91 Å². The Balaban J connectivity index is 0.00000280. The van der Waals surface area contributed by atoms with Gasteiger partial charge in [-0.2, -0.15) is 0 Å². The molecule has 2 aliphatic heterocycles. The number of amides is 2. The predicted octanol–water partition coefficient (Wildman–Crippen LogP) is 1.85. The molecule has 2 fully saturated rings. The molecule has 0 spiro atoms. The fraction of sp³-hybridized carbons (Fsp3) is 0.600. The van der Waals surface area contributed by atoms with E-state index in [1.54, 1.807) is 32.4 Å². The molecule has 3 rings (SSSR count). The predicted molar refractivity (Wildman–Crippen MR) is 109 cm³/mol. The van der Waals surface area contributed by atoms with E-state index in [9.17, 15) is 9.59 Å². The Hall–Kier alpha value is -1.99. The summed E-state index contributed by atoms with van der Waals surface area (Å²) in [7, 11) is 3.14. The molecule has 2 unspecified atom stereocenters. The smallest absolute Gasteiger partial charge is 0.257 e. The summed E-state index contributed by atoms with van der Waals surface area (Å²) >= 11 is 0. The van der Waals surface area contributed by atoms with Crippen molar-refractivity contribution < 1.29 is 19.1 Å². The molecule has 2 N–H and O–H groups in total. The first-order chi connectivity index (χ1) is 13.1. The molecule has 0 saturated carbocycles. The molecule has 8 heteroatoms. The van der Waals surface area contributed by atoms with E-state index in [0.29, 0.717) is 36.7 Å². The molecule has 2 atom stereocenters. The quantitative estimate of drug-likeness (QED) is 0.746. The minimum atomic E-state index is -0.0626. The van der Waals surface area contributed by atoms with Crippen molar-refractivity contribution in [3.8, 4) is 11.5 Å². The lowest BCUT2D eigenvalue weighted by Crippen LogP contribution is -2.46. The number of nitrogens with one attached hydrogen (secondary N) is 2. The van der Waals surface area contributed by atoms with Crippen molar-refractivity contribution >= 4 is 24.2 Å². The van der Waals surface area contributed by atoms with Gasteiger partial charge in [0.05, 0.1) is 25.8 Å². The van der Waals surface area contributed by atoms with Crippen LogP contribution in [0.25, 0.3) is 0 Å². The molecule has 0 bridgehead atoms. The minimum absolute atomic E-state index is 0. The maximum atomic E-state index is 13.0. The number of nitrogens with zero attached hydrogens (tertiary/aromatic N) is 1. The molecule has 0 aromatic heterocycles. The van der Waals surface area contributed by atoms with Crippen LogP contribution in [0.4, 0.5) is 0 Å². The summed E-state index contributed by atoms with van der Waals surface area (Å²) < 4.78 is 10.6. The number of likely N-dealkylation sites (tertiary alicyclic amines) is 1. The van der Waals surface area contributed by atoms with Crippen molar-refractivity contribution in [1.29, 1.82) is 0 Å². The number of ether oxygens (including phenoxy) is 2. The number of methoxy groups -OCH3 is 2. The van der Waals surface area contributed by atoms with Gasteiger partial charge in [-0.3, -0.25) is 9.59 Å². The van der Waals surface area contributed by atoms with Crippen molar-refractivity contribution in [3.63, 3.8) is 0 Å². The zero-order valence-electron chi connectivity index (χ0n) is 16.5. The van der Waals surface area contributed by atoms with Crippen LogP contribution in [0.3, 0.4) is 0 Å². The van der Waals surface area contributed by atoms with Gasteiger partial charge in [-0.05, 0) is 56.3 Å². The highest BCUT2D eigenvalue weighted by Gasteiger charge is 2.28. The highest BCUT2D eigenvalue weighted by Crippen LogP contribution is 2.27. The van der Waals surface area contributed by atoms with Gasteiger partial charge in [-0.25, -0.2) is 0 Å². The van der Waals surface area contributed by atoms with Crippen LogP contribution in [0.1, 0.15) is 36.0 Å². The second kappa shape index (κ2) is 10.5. The van der Waals surface area contributed by atoms with Gasteiger partial charge in [-0.1, -0.05) is 0 Å². The SMILES string of the molecule is COc1ccc(OC)c(C(=O)N2CCCC(CNC(=O)C3CCCN3)C2)c1.Cl. The van der Waals surface area contributed by atoms with Gasteiger partial charge < -0.3 is 25.0 Å². The average Bonchev–Trinajstić information content (AvgIpc) is 3.26. The first-order valence-corrected chi connectivity index (χ1v) is 9.64. The maximum absolute atomic E-state index is 13.0. The Bertz CT molecular complexity index is 679. The van der Waals surface area contributed by atoms with E-state index in [1.165, 1.54) is 0 Å². The Morgan fingerprint density at radius 2 is 2.04 bits per heavy atom. The van der Waals surface area contributed by atoms with Gasteiger partial charge >= 0.3 is 0 Å². The first kappa shape index (κ1) is 22.3. The Labute approximate surface area is 172 Å². The zero-order chi connectivity index (χ0) is 19.2. The van der Waals surface area contributed by atoms with Gasteiger partial charge in [0, 0.05) is 19.6 Å². The number of carbonyl (C=O) groups excluding carboxylic acids is 2. The molecule has 7 nitrogen and oxygen atoms in total.